The molecule has 1 unspecified atom stereocenters. The number of anilines is 1. The van der Waals surface area contributed by atoms with Crippen LogP contribution in [-0.2, 0) is 0 Å². The molecular formula is C22H22N2O2. The van der Waals surface area contributed by atoms with Gasteiger partial charge < -0.3 is 15.3 Å². The van der Waals surface area contributed by atoms with Crippen molar-refractivity contribution in [2.24, 2.45) is 5.92 Å². The fourth-order valence-electron chi connectivity index (χ4n) is 3.61. The molecule has 1 fully saturated rings. The van der Waals surface area contributed by atoms with E-state index >= 15 is 0 Å². The second-order valence-electron chi connectivity index (χ2n) is 6.86. The van der Waals surface area contributed by atoms with E-state index < -0.39 is 0 Å². The highest BCUT2D eigenvalue weighted by molar-refractivity contribution is 6.01. The van der Waals surface area contributed by atoms with Crippen molar-refractivity contribution < 1.29 is 9.90 Å². The summed E-state index contributed by atoms with van der Waals surface area (Å²) in [6, 6.07) is 21.5. The number of carbonyl (C=O) groups excluding carboxylic acids is 1. The lowest BCUT2D eigenvalue weighted by molar-refractivity contribution is 0.0946. The zero-order valence-electron chi connectivity index (χ0n) is 14.6. The van der Waals surface area contributed by atoms with Gasteiger partial charge >= 0.3 is 0 Å². The molecule has 1 amide bonds. The van der Waals surface area contributed by atoms with Gasteiger partial charge in [0.15, 0.2) is 0 Å². The number of aromatic hydroxyl groups is 1. The first-order chi connectivity index (χ1) is 12.7. The molecule has 4 nitrogen and oxygen atoms in total. The maximum absolute atomic E-state index is 12.5. The molecule has 0 spiro atoms. The van der Waals surface area contributed by atoms with Crippen LogP contribution in [0.3, 0.4) is 0 Å². The molecule has 0 aromatic heterocycles. The summed E-state index contributed by atoms with van der Waals surface area (Å²) < 4.78 is 0. The molecule has 0 bridgehead atoms. The summed E-state index contributed by atoms with van der Waals surface area (Å²) >= 11 is 0. The van der Waals surface area contributed by atoms with Crippen molar-refractivity contribution in [2.45, 2.75) is 6.42 Å². The highest BCUT2D eigenvalue weighted by Crippen LogP contribution is 2.26. The highest BCUT2D eigenvalue weighted by atomic mass is 16.3. The van der Waals surface area contributed by atoms with Gasteiger partial charge in [0.1, 0.15) is 5.75 Å². The first-order valence-corrected chi connectivity index (χ1v) is 9.00. The van der Waals surface area contributed by atoms with Gasteiger partial charge in [0.2, 0.25) is 0 Å². The van der Waals surface area contributed by atoms with Crippen LogP contribution in [0.1, 0.15) is 16.8 Å². The highest BCUT2D eigenvalue weighted by Gasteiger charge is 2.23. The fraction of sp³-hybridized carbons (Fsp3) is 0.227. The summed E-state index contributed by atoms with van der Waals surface area (Å²) in [6.45, 7) is 2.56. The van der Waals surface area contributed by atoms with E-state index in [1.54, 1.807) is 12.1 Å². The van der Waals surface area contributed by atoms with Crippen molar-refractivity contribution >= 4 is 22.4 Å². The van der Waals surface area contributed by atoms with E-state index in [0.29, 0.717) is 18.0 Å². The molecule has 3 aromatic rings. The summed E-state index contributed by atoms with van der Waals surface area (Å²) in [5, 5.41) is 15.1. The second-order valence-corrected chi connectivity index (χ2v) is 6.86. The van der Waals surface area contributed by atoms with E-state index in [2.05, 4.69) is 22.3 Å². The summed E-state index contributed by atoms with van der Waals surface area (Å²) in [5.74, 6) is 0.228. The minimum absolute atomic E-state index is 0.0264. The largest absolute Gasteiger partial charge is 0.507 e. The molecule has 1 saturated heterocycles. The van der Waals surface area contributed by atoms with E-state index in [-0.39, 0.29) is 11.7 Å². The lowest BCUT2D eigenvalue weighted by atomic mass is 10.0. The van der Waals surface area contributed by atoms with E-state index in [1.165, 1.54) is 5.69 Å². The van der Waals surface area contributed by atoms with Crippen molar-refractivity contribution in [2.75, 3.05) is 24.5 Å². The van der Waals surface area contributed by atoms with Crippen molar-refractivity contribution in [1.82, 2.24) is 5.32 Å². The molecule has 26 heavy (non-hydrogen) atoms. The molecule has 0 aliphatic carbocycles. The molecule has 4 heteroatoms. The zero-order valence-corrected chi connectivity index (χ0v) is 14.6. The number of hydrogen-bond donors (Lipinski definition) is 2. The van der Waals surface area contributed by atoms with Crippen LogP contribution in [0.15, 0.2) is 66.7 Å². The topological polar surface area (TPSA) is 52.6 Å². The maximum atomic E-state index is 12.5. The zero-order chi connectivity index (χ0) is 17.9. The number of carbonyl (C=O) groups is 1. The van der Waals surface area contributed by atoms with Gasteiger partial charge in [0.25, 0.3) is 5.91 Å². The van der Waals surface area contributed by atoms with Crippen LogP contribution < -0.4 is 10.2 Å². The van der Waals surface area contributed by atoms with Gasteiger partial charge in [0, 0.05) is 25.3 Å². The third-order valence-electron chi connectivity index (χ3n) is 5.07. The Morgan fingerprint density at radius 2 is 1.73 bits per heavy atom. The minimum atomic E-state index is -0.216. The van der Waals surface area contributed by atoms with Crippen molar-refractivity contribution in [1.29, 1.82) is 0 Å². The molecule has 0 saturated carbocycles. The average molecular weight is 346 g/mol. The quantitative estimate of drug-likeness (QED) is 0.755. The Bertz CT molecular complexity index is 924. The number of amides is 1. The smallest absolute Gasteiger partial charge is 0.255 e. The van der Waals surface area contributed by atoms with Crippen LogP contribution in [0.4, 0.5) is 5.69 Å². The second kappa shape index (κ2) is 7.08. The van der Waals surface area contributed by atoms with Gasteiger partial charge in [-0.15, -0.1) is 0 Å². The fourth-order valence-corrected chi connectivity index (χ4v) is 3.61. The molecule has 1 aliphatic heterocycles. The summed E-state index contributed by atoms with van der Waals surface area (Å²) in [6.07, 6.45) is 1.05. The van der Waals surface area contributed by atoms with Gasteiger partial charge in [0.05, 0.1) is 5.56 Å². The number of hydrogen-bond acceptors (Lipinski definition) is 3. The van der Waals surface area contributed by atoms with E-state index in [1.807, 2.05) is 42.5 Å². The van der Waals surface area contributed by atoms with Crippen LogP contribution >= 0.6 is 0 Å². The van der Waals surface area contributed by atoms with E-state index in [0.717, 1.165) is 30.3 Å². The first kappa shape index (κ1) is 16.5. The summed E-state index contributed by atoms with van der Waals surface area (Å²) in [5.41, 5.74) is 1.56. The first-order valence-electron chi connectivity index (χ1n) is 9.00. The molecule has 1 heterocycles. The van der Waals surface area contributed by atoms with Crippen LogP contribution in [0.5, 0.6) is 5.75 Å². The lowest BCUT2D eigenvalue weighted by Gasteiger charge is -2.18. The van der Waals surface area contributed by atoms with Crippen molar-refractivity contribution in [3.05, 3.63) is 72.3 Å². The third-order valence-corrected chi connectivity index (χ3v) is 5.07. The number of nitrogens with zero attached hydrogens (tertiary/aromatic N) is 1. The summed E-state index contributed by atoms with van der Waals surface area (Å²) in [4.78, 5) is 14.9. The number of para-hydroxylation sites is 1. The number of fused-ring (bicyclic) bond motifs is 1. The number of phenolic OH excluding ortho intramolecular Hbond substituents is 1. The lowest BCUT2D eigenvalue weighted by Crippen LogP contribution is -2.31. The van der Waals surface area contributed by atoms with E-state index in [4.69, 9.17) is 0 Å². The van der Waals surface area contributed by atoms with E-state index in [9.17, 15) is 9.90 Å². The molecular weight excluding hydrogens is 324 g/mol. The normalized spacial score (nSPS) is 16.8. The molecule has 132 valence electrons. The molecule has 0 radical (unpaired) electrons. The predicted octanol–water partition coefficient (Wildman–Crippen LogP) is 3.80. The van der Waals surface area contributed by atoms with Gasteiger partial charge in [-0.05, 0) is 47.4 Å². The number of phenols is 1. The Labute approximate surface area is 153 Å². The van der Waals surface area contributed by atoms with Gasteiger partial charge in [-0.3, -0.25) is 4.79 Å². The maximum Gasteiger partial charge on any atom is 0.255 e. The summed E-state index contributed by atoms with van der Waals surface area (Å²) in [7, 11) is 0. The monoisotopic (exact) mass is 346 g/mol. The molecule has 1 atom stereocenters. The minimum Gasteiger partial charge on any atom is -0.507 e. The average Bonchev–Trinajstić information content (AvgIpc) is 3.15. The third kappa shape index (κ3) is 3.36. The Kier molecular flexibility index (Phi) is 4.48. The molecule has 1 aliphatic rings. The van der Waals surface area contributed by atoms with Crippen molar-refractivity contribution in [3.8, 4) is 5.75 Å². The van der Waals surface area contributed by atoms with Crippen LogP contribution in [0.2, 0.25) is 0 Å². The Balaban J connectivity index is 1.39. The van der Waals surface area contributed by atoms with Gasteiger partial charge in [-0.1, -0.05) is 42.5 Å². The van der Waals surface area contributed by atoms with Crippen molar-refractivity contribution in [3.63, 3.8) is 0 Å². The molecule has 4 rings (SSSR count). The number of nitrogens with one attached hydrogen (secondary N) is 1. The van der Waals surface area contributed by atoms with Crippen LogP contribution in [-0.4, -0.2) is 30.6 Å². The Hall–Kier alpha value is -3.01. The standard InChI is InChI=1S/C22H22N2O2/c25-21-13-18-7-5-4-6-17(18)12-20(21)22(26)23-14-16-10-11-24(15-16)19-8-2-1-3-9-19/h1-9,12-13,16,25H,10-11,14-15H2,(H,23,26). The predicted molar refractivity (Wildman–Crippen MR) is 105 cm³/mol. The van der Waals surface area contributed by atoms with Gasteiger partial charge in [-0.2, -0.15) is 0 Å². The van der Waals surface area contributed by atoms with Crippen LogP contribution in [0, 0.1) is 5.92 Å². The Morgan fingerprint density at radius 3 is 2.50 bits per heavy atom. The van der Waals surface area contributed by atoms with Crippen LogP contribution in [0.25, 0.3) is 10.8 Å². The number of benzene rings is 3. The number of rotatable bonds is 4. The molecule has 3 aromatic carbocycles. The SMILES string of the molecule is O=C(NCC1CCN(c2ccccc2)C1)c1cc2ccccc2cc1O. The Morgan fingerprint density at radius 1 is 1.04 bits per heavy atom. The molecule has 2 N–H and O–H groups in total. The van der Waals surface area contributed by atoms with Gasteiger partial charge in [-0.25, -0.2) is 0 Å².